The number of carbonyl (C=O) groups is 3. The molecule has 25 heavy (non-hydrogen) atoms. The van der Waals surface area contributed by atoms with Gasteiger partial charge < -0.3 is 14.2 Å². The van der Waals surface area contributed by atoms with E-state index >= 15 is 0 Å². The summed E-state index contributed by atoms with van der Waals surface area (Å²) < 4.78 is 16.3. The first-order valence-corrected chi connectivity index (χ1v) is 8.47. The largest absolute Gasteiger partial charge is 0.461 e. The first kappa shape index (κ1) is 17.6. The third-order valence-corrected chi connectivity index (χ3v) is 4.76. The predicted molar refractivity (Wildman–Crippen MR) is 88.4 cm³/mol. The van der Waals surface area contributed by atoms with E-state index in [0.717, 1.165) is 11.9 Å². The van der Waals surface area contributed by atoms with Gasteiger partial charge in [-0.3, -0.25) is 9.59 Å². The van der Waals surface area contributed by atoms with Crippen molar-refractivity contribution in [2.24, 2.45) is 11.8 Å². The molecule has 134 valence electrons. The van der Waals surface area contributed by atoms with E-state index in [-0.39, 0.29) is 36.6 Å². The maximum atomic E-state index is 11.8. The van der Waals surface area contributed by atoms with Gasteiger partial charge in [0.1, 0.15) is 31.2 Å². The maximum Gasteiger partial charge on any atom is 0.334 e. The van der Waals surface area contributed by atoms with Crippen molar-refractivity contribution >= 4 is 18.2 Å². The quantitative estimate of drug-likeness (QED) is 0.254. The van der Waals surface area contributed by atoms with E-state index in [1.165, 1.54) is 0 Å². The Morgan fingerprint density at radius 2 is 2.24 bits per heavy atom. The zero-order chi connectivity index (χ0) is 18.1. The van der Waals surface area contributed by atoms with Gasteiger partial charge in [0.2, 0.25) is 0 Å². The molecule has 0 N–H and O–H groups in total. The fourth-order valence-corrected chi connectivity index (χ4v) is 3.15. The first-order chi connectivity index (χ1) is 11.9. The Labute approximate surface area is 146 Å². The molecule has 2 fully saturated rings. The molecule has 3 rings (SSSR count). The van der Waals surface area contributed by atoms with Gasteiger partial charge in [-0.1, -0.05) is 26.5 Å². The molecule has 2 saturated heterocycles. The van der Waals surface area contributed by atoms with E-state index in [1.54, 1.807) is 19.9 Å². The van der Waals surface area contributed by atoms with E-state index in [2.05, 4.69) is 6.58 Å². The molecule has 0 spiro atoms. The molecular weight excluding hydrogens is 324 g/mol. The molecule has 4 atom stereocenters. The molecule has 0 bridgehead atoms. The maximum absolute atomic E-state index is 11.8. The van der Waals surface area contributed by atoms with Crippen molar-refractivity contribution in [1.29, 1.82) is 0 Å². The lowest BCUT2D eigenvalue weighted by atomic mass is 9.88. The highest BCUT2D eigenvalue weighted by Gasteiger charge is 2.44. The SMILES string of the molecule is C=C1C(=O)O[C@H]2C/C(C=O)=C\[C@H]3O[C@H]3/C(COC(=O)C(C)C)=C/CC12. The van der Waals surface area contributed by atoms with Crippen LogP contribution in [0, 0.1) is 11.8 Å². The van der Waals surface area contributed by atoms with Crippen LogP contribution in [-0.2, 0) is 28.6 Å². The highest BCUT2D eigenvalue weighted by molar-refractivity contribution is 5.91. The van der Waals surface area contributed by atoms with Crippen molar-refractivity contribution < 1.29 is 28.6 Å². The number of hydrogen-bond acceptors (Lipinski definition) is 6. The van der Waals surface area contributed by atoms with Gasteiger partial charge in [0.15, 0.2) is 0 Å². The Kier molecular flexibility index (Phi) is 4.90. The molecule has 6 heteroatoms. The molecule has 6 nitrogen and oxygen atoms in total. The number of ether oxygens (including phenoxy) is 3. The summed E-state index contributed by atoms with van der Waals surface area (Å²) >= 11 is 0. The average molecular weight is 346 g/mol. The third kappa shape index (κ3) is 3.74. The summed E-state index contributed by atoms with van der Waals surface area (Å²) in [5.41, 5.74) is 1.80. The van der Waals surface area contributed by atoms with Gasteiger partial charge in [0.05, 0.1) is 5.92 Å². The Hall–Kier alpha value is -2.21. The summed E-state index contributed by atoms with van der Waals surface area (Å²) in [4.78, 5) is 34.9. The minimum absolute atomic E-state index is 0.140. The number of rotatable bonds is 4. The molecule has 2 heterocycles. The standard InChI is InChI=1S/C19H22O6/c1-10(2)18(21)23-9-13-4-5-14-11(3)19(22)25-15(14)6-12(8-20)7-16-17(13)24-16/h4,7-8,10,14-17H,3,5-6,9H2,1-2H3/b12-7+,13-4+/t14?,15-,16+,17-/m0/s1. The third-order valence-electron chi connectivity index (χ3n) is 4.76. The fraction of sp³-hybridized carbons (Fsp3) is 0.526. The molecule has 0 aromatic carbocycles. The molecule has 0 saturated carbocycles. The monoisotopic (exact) mass is 346 g/mol. The minimum atomic E-state index is -0.415. The van der Waals surface area contributed by atoms with Gasteiger partial charge in [0, 0.05) is 17.9 Å². The Bertz CT molecular complexity index is 671. The summed E-state index contributed by atoms with van der Waals surface area (Å²) in [7, 11) is 0. The molecule has 1 aliphatic carbocycles. The van der Waals surface area contributed by atoms with Crippen LogP contribution in [0.3, 0.4) is 0 Å². The number of esters is 2. The van der Waals surface area contributed by atoms with Gasteiger partial charge in [-0.2, -0.15) is 0 Å². The summed E-state index contributed by atoms with van der Waals surface area (Å²) in [6.45, 7) is 7.51. The Morgan fingerprint density at radius 3 is 2.92 bits per heavy atom. The van der Waals surface area contributed by atoms with Gasteiger partial charge in [-0.15, -0.1) is 0 Å². The second-order valence-electron chi connectivity index (χ2n) is 6.94. The second kappa shape index (κ2) is 6.96. The van der Waals surface area contributed by atoms with Crippen molar-refractivity contribution in [2.45, 2.75) is 45.0 Å². The summed E-state index contributed by atoms with van der Waals surface area (Å²) in [6.07, 6.45) is 4.56. The van der Waals surface area contributed by atoms with Gasteiger partial charge in [-0.25, -0.2) is 4.79 Å². The summed E-state index contributed by atoms with van der Waals surface area (Å²) in [5.74, 6) is -1.09. The second-order valence-corrected chi connectivity index (χ2v) is 6.94. The lowest BCUT2D eigenvalue weighted by Gasteiger charge is -2.18. The van der Waals surface area contributed by atoms with Crippen molar-refractivity contribution in [3.8, 4) is 0 Å². The molecule has 2 aliphatic heterocycles. The predicted octanol–water partition coefficient (Wildman–Crippen LogP) is 1.90. The molecule has 0 amide bonds. The zero-order valence-corrected chi connectivity index (χ0v) is 14.4. The zero-order valence-electron chi connectivity index (χ0n) is 14.4. The van der Waals surface area contributed by atoms with E-state index < -0.39 is 12.1 Å². The van der Waals surface area contributed by atoms with Crippen molar-refractivity contribution in [1.82, 2.24) is 0 Å². The Morgan fingerprint density at radius 1 is 1.48 bits per heavy atom. The molecule has 0 radical (unpaired) electrons. The Balaban J connectivity index is 1.81. The number of fused-ring (bicyclic) bond motifs is 2. The summed E-state index contributed by atoms with van der Waals surface area (Å²) in [6, 6.07) is 0. The number of aldehydes is 1. The van der Waals surface area contributed by atoms with Crippen LogP contribution in [0.2, 0.25) is 0 Å². The van der Waals surface area contributed by atoms with Gasteiger partial charge in [-0.05, 0) is 23.6 Å². The van der Waals surface area contributed by atoms with E-state index in [4.69, 9.17) is 14.2 Å². The number of epoxide rings is 1. The van der Waals surface area contributed by atoms with Crippen LogP contribution in [0.5, 0.6) is 0 Å². The smallest absolute Gasteiger partial charge is 0.334 e. The van der Waals surface area contributed by atoms with E-state index in [9.17, 15) is 14.4 Å². The molecule has 0 aromatic rings. The minimum Gasteiger partial charge on any atom is -0.461 e. The molecular formula is C19H22O6. The van der Waals surface area contributed by atoms with Crippen molar-refractivity contribution in [3.63, 3.8) is 0 Å². The van der Waals surface area contributed by atoms with Crippen LogP contribution in [0.4, 0.5) is 0 Å². The molecule has 3 aliphatic rings. The fourth-order valence-electron chi connectivity index (χ4n) is 3.15. The number of hydrogen-bond donors (Lipinski definition) is 0. The van der Waals surface area contributed by atoms with Crippen LogP contribution in [0.1, 0.15) is 26.7 Å². The topological polar surface area (TPSA) is 82.2 Å². The van der Waals surface area contributed by atoms with Crippen molar-refractivity contribution in [3.05, 3.63) is 35.5 Å². The highest BCUT2D eigenvalue weighted by atomic mass is 16.6. The lowest BCUT2D eigenvalue weighted by Crippen LogP contribution is -2.20. The van der Waals surface area contributed by atoms with Gasteiger partial charge >= 0.3 is 11.9 Å². The van der Waals surface area contributed by atoms with Crippen LogP contribution < -0.4 is 0 Å². The highest BCUT2D eigenvalue weighted by Crippen LogP contribution is 2.38. The number of carbonyl (C=O) groups excluding carboxylic acids is 3. The van der Waals surface area contributed by atoms with Crippen LogP contribution in [0.25, 0.3) is 0 Å². The van der Waals surface area contributed by atoms with Crippen molar-refractivity contribution in [2.75, 3.05) is 6.61 Å². The van der Waals surface area contributed by atoms with E-state index in [1.807, 2.05) is 6.08 Å². The van der Waals surface area contributed by atoms with Gasteiger partial charge in [0.25, 0.3) is 0 Å². The van der Waals surface area contributed by atoms with Crippen LogP contribution >= 0.6 is 0 Å². The molecule has 1 unspecified atom stereocenters. The molecule has 0 aromatic heterocycles. The van der Waals surface area contributed by atoms with E-state index in [0.29, 0.717) is 24.0 Å². The average Bonchev–Trinajstić information content (AvgIpc) is 3.28. The first-order valence-electron chi connectivity index (χ1n) is 8.47. The van der Waals surface area contributed by atoms with Crippen LogP contribution in [0.15, 0.2) is 35.5 Å². The summed E-state index contributed by atoms with van der Waals surface area (Å²) in [5, 5.41) is 0. The number of allylic oxidation sites excluding steroid dienone is 1. The normalized spacial score (nSPS) is 35.5. The van der Waals surface area contributed by atoms with Crippen LogP contribution in [-0.4, -0.2) is 43.1 Å². The lowest BCUT2D eigenvalue weighted by molar-refractivity contribution is -0.146.